The summed E-state index contributed by atoms with van der Waals surface area (Å²) in [5.74, 6) is -1.85. The number of nitrogens with zero attached hydrogens (tertiary/aromatic N) is 3. The highest BCUT2D eigenvalue weighted by atomic mass is 19.3. The van der Waals surface area contributed by atoms with Gasteiger partial charge in [0.1, 0.15) is 6.04 Å². The molecule has 4 amide bonds. The first-order chi connectivity index (χ1) is 18.7. The van der Waals surface area contributed by atoms with Crippen molar-refractivity contribution in [3.63, 3.8) is 0 Å². The topological polar surface area (TPSA) is 149 Å². The van der Waals surface area contributed by atoms with Crippen LogP contribution in [0.5, 0.6) is 0 Å². The fourth-order valence-electron chi connectivity index (χ4n) is 5.52. The van der Waals surface area contributed by atoms with Gasteiger partial charge in [0.05, 0.1) is 29.5 Å². The van der Waals surface area contributed by atoms with E-state index in [1.54, 1.807) is 22.9 Å². The molecule has 1 atom stereocenters. The third-order valence-corrected chi connectivity index (χ3v) is 7.57. The van der Waals surface area contributed by atoms with Crippen molar-refractivity contribution in [1.82, 2.24) is 20.0 Å². The predicted molar refractivity (Wildman–Crippen MR) is 135 cm³/mol. The van der Waals surface area contributed by atoms with Crippen LogP contribution in [0.3, 0.4) is 0 Å². The van der Waals surface area contributed by atoms with Crippen LogP contribution in [0.4, 0.5) is 20.2 Å². The number of benzene rings is 1. The zero-order chi connectivity index (χ0) is 27.7. The van der Waals surface area contributed by atoms with Gasteiger partial charge in [-0.3, -0.25) is 34.1 Å². The van der Waals surface area contributed by atoms with Gasteiger partial charge >= 0.3 is 0 Å². The molecule has 208 valence electrons. The molecule has 2 aliphatic heterocycles. The minimum absolute atomic E-state index is 0.0155. The Hall–Kier alpha value is -3.87. The smallest absolute Gasteiger partial charge is 0.284 e. The number of fused-ring (bicyclic) bond motifs is 1. The van der Waals surface area contributed by atoms with Gasteiger partial charge in [0, 0.05) is 31.5 Å². The van der Waals surface area contributed by atoms with Crippen molar-refractivity contribution < 1.29 is 32.7 Å². The van der Waals surface area contributed by atoms with Crippen LogP contribution in [-0.2, 0) is 14.3 Å². The van der Waals surface area contributed by atoms with Gasteiger partial charge in [0.2, 0.25) is 11.8 Å². The Morgan fingerprint density at radius 3 is 2.56 bits per heavy atom. The van der Waals surface area contributed by atoms with Crippen molar-refractivity contribution in [1.29, 1.82) is 0 Å². The molecule has 13 heteroatoms. The molecular weight excluding hydrogens is 514 g/mol. The van der Waals surface area contributed by atoms with E-state index in [9.17, 15) is 28.0 Å². The van der Waals surface area contributed by atoms with Gasteiger partial charge in [-0.1, -0.05) is 6.07 Å². The number of rotatable bonds is 9. The van der Waals surface area contributed by atoms with Gasteiger partial charge in [-0.15, -0.1) is 0 Å². The van der Waals surface area contributed by atoms with E-state index in [1.165, 1.54) is 6.20 Å². The summed E-state index contributed by atoms with van der Waals surface area (Å²) in [5, 5.41) is 9.31. The van der Waals surface area contributed by atoms with Crippen LogP contribution in [0.25, 0.3) is 0 Å². The third-order valence-electron chi connectivity index (χ3n) is 7.57. The average molecular weight is 545 g/mol. The van der Waals surface area contributed by atoms with Crippen LogP contribution in [0.1, 0.15) is 77.4 Å². The van der Waals surface area contributed by atoms with E-state index in [1.807, 2.05) is 0 Å². The maximum Gasteiger partial charge on any atom is 0.284 e. The molecule has 5 rings (SSSR count). The number of carbonyl (C=O) groups is 4. The molecule has 0 spiro atoms. The number of nitrogens with one attached hydrogen (secondary N) is 2. The molecule has 1 saturated carbocycles. The Balaban J connectivity index is 1.09. The summed E-state index contributed by atoms with van der Waals surface area (Å²) in [7, 11) is 0. The second-order valence-electron chi connectivity index (χ2n) is 10.1. The standard InChI is InChI=1S/C26H30F2N6O5/c27-23(28)22-17(29)12-33(32-22)15-6-4-14(5-7-15)13-39-11-10-30-18-3-1-2-16-21(18)26(38)34(25(16)37)19-8-9-20(35)31-24(19)36/h1-3,12,14-15,19,23,30H,4-11,13,29H2,(H,31,35,36). The number of piperidine rings is 1. The Labute approximate surface area is 223 Å². The molecule has 11 nitrogen and oxygen atoms in total. The van der Waals surface area contributed by atoms with Crippen LogP contribution in [0.15, 0.2) is 24.4 Å². The van der Waals surface area contributed by atoms with Gasteiger partial charge in [-0.05, 0) is 50.2 Å². The van der Waals surface area contributed by atoms with E-state index in [2.05, 4.69) is 15.7 Å². The van der Waals surface area contributed by atoms with E-state index in [0.717, 1.165) is 30.6 Å². The molecule has 3 heterocycles. The lowest BCUT2D eigenvalue weighted by atomic mass is 9.86. The number of imide groups is 2. The second-order valence-corrected chi connectivity index (χ2v) is 10.1. The predicted octanol–water partition coefficient (Wildman–Crippen LogP) is 2.66. The van der Waals surface area contributed by atoms with Gasteiger partial charge < -0.3 is 15.8 Å². The number of hydrogen-bond donors (Lipinski definition) is 3. The highest BCUT2D eigenvalue weighted by Crippen LogP contribution is 2.35. The van der Waals surface area contributed by atoms with Crippen molar-refractivity contribution in [2.45, 2.75) is 57.0 Å². The summed E-state index contributed by atoms with van der Waals surface area (Å²) in [6.45, 7) is 1.32. The van der Waals surface area contributed by atoms with Crippen molar-refractivity contribution in [2.75, 3.05) is 30.8 Å². The fourth-order valence-corrected chi connectivity index (χ4v) is 5.52. The van der Waals surface area contributed by atoms with Crippen LogP contribution < -0.4 is 16.4 Å². The molecule has 3 aliphatic rings. The quantitative estimate of drug-likeness (QED) is 0.322. The molecule has 1 aromatic carbocycles. The van der Waals surface area contributed by atoms with Crippen LogP contribution in [0.2, 0.25) is 0 Å². The van der Waals surface area contributed by atoms with Crippen molar-refractivity contribution in [3.05, 3.63) is 41.2 Å². The van der Waals surface area contributed by atoms with Gasteiger partial charge in [-0.25, -0.2) is 8.78 Å². The summed E-state index contributed by atoms with van der Waals surface area (Å²) in [5.41, 5.74) is 6.20. The Morgan fingerprint density at radius 1 is 1.10 bits per heavy atom. The maximum absolute atomic E-state index is 13.2. The molecule has 2 aromatic rings. The number of halogens is 2. The summed E-state index contributed by atoms with van der Waals surface area (Å²) in [6, 6.07) is 3.93. The van der Waals surface area contributed by atoms with E-state index in [4.69, 9.17) is 10.5 Å². The lowest BCUT2D eigenvalue weighted by Gasteiger charge is -2.28. The fraction of sp³-hybridized carbons (Fsp3) is 0.500. The summed E-state index contributed by atoms with van der Waals surface area (Å²) in [4.78, 5) is 50.8. The first kappa shape index (κ1) is 26.7. The third kappa shape index (κ3) is 5.35. The molecule has 0 bridgehead atoms. The SMILES string of the molecule is Nc1cn(C2CCC(COCCNc3cccc4c3C(=O)N(C3CCC(=O)NC3=O)C4=O)CC2)nc1C(F)F. The number of carbonyl (C=O) groups excluding carboxylic acids is 4. The second kappa shape index (κ2) is 11.1. The lowest BCUT2D eigenvalue weighted by Crippen LogP contribution is -2.54. The number of aromatic nitrogens is 2. The monoisotopic (exact) mass is 544 g/mol. The van der Waals surface area contributed by atoms with E-state index in [-0.39, 0.29) is 41.4 Å². The van der Waals surface area contributed by atoms with Crippen molar-refractivity contribution >= 4 is 35.0 Å². The summed E-state index contributed by atoms with van der Waals surface area (Å²) in [6.07, 6.45) is 2.30. The largest absolute Gasteiger partial charge is 0.396 e. The maximum atomic E-state index is 13.2. The molecule has 0 radical (unpaired) electrons. The summed E-state index contributed by atoms with van der Waals surface area (Å²) >= 11 is 0. The minimum Gasteiger partial charge on any atom is -0.396 e. The van der Waals surface area contributed by atoms with Gasteiger partial charge in [-0.2, -0.15) is 5.10 Å². The highest BCUT2D eigenvalue weighted by Gasteiger charge is 2.45. The van der Waals surface area contributed by atoms with Gasteiger partial charge in [0.15, 0.2) is 5.69 Å². The van der Waals surface area contributed by atoms with Crippen LogP contribution in [0, 0.1) is 5.92 Å². The minimum atomic E-state index is -2.69. The molecule has 39 heavy (non-hydrogen) atoms. The van der Waals surface area contributed by atoms with Crippen molar-refractivity contribution in [2.24, 2.45) is 5.92 Å². The lowest BCUT2D eigenvalue weighted by molar-refractivity contribution is -0.136. The van der Waals surface area contributed by atoms with Crippen LogP contribution in [-0.4, -0.2) is 64.1 Å². The molecule has 1 unspecified atom stereocenters. The van der Waals surface area contributed by atoms with Gasteiger partial charge in [0.25, 0.3) is 18.2 Å². The summed E-state index contributed by atoms with van der Waals surface area (Å²) < 4.78 is 33.3. The van der Waals surface area contributed by atoms with Crippen LogP contribution >= 0.6 is 0 Å². The molecule has 1 aromatic heterocycles. The Bertz CT molecular complexity index is 1290. The number of amides is 4. The molecule has 2 fully saturated rings. The number of nitrogens with two attached hydrogens (primary N) is 1. The Morgan fingerprint density at radius 2 is 1.87 bits per heavy atom. The normalized spacial score (nSPS) is 23.4. The first-order valence-electron chi connectivity index (χ1n) is 13.0. The number of hydrogen-bond acceptors (Lipinski definition) is 8. The average Bonchev–Trinajstić information content (AvgIpc) is 3.42. The zero-order valence-electron chi connectivity index (χ0n) is 21.2. The zero-order valence-corrected chi connectivity index (χ0v) is 21.2. The number of anilines is 2. The molecular formula is C26H30F2N6O5. The van der Waals surface area contributed by atoms with E-state index >= 15 is 0 Å². The number of alkyl halides is 2. The van der Waals surface area contributed by atoms with E-state index in [0.29, 0.717) is 31.4 Å². The van der Waals surface area contributed by atoms with Crippen molar-refractivity contribution in [3.8, 4) is 0 Å². The first-order valence-corrected chi connectivity index (χ1v) is 13.0. The number of ether oxygens (including phenoxy) is 1. The molecule has 1 saturated heterocycles. The molecule has 1 aliphatic carbocycles. The molecule has 4 N–H and O–H groups in total. The van der Waals surface area contributed by atoms with E-state index < -0.39 is 36.1 Å². The highest BCUT2D eigenvalue weighted by molar-refractivity contribution is 6.25. The number of nitrogen functional groups attached to an aromatic ring is 1. The Kier molecular flexibility index (Phi) is 7.60.